The van der Waals surface area contributed by atoms with Gasteiger partial charge in [-0.3, -0.25) is 9.59 Å². The summed E-state index contributed by atoms with van der Waals surface area (Å²) in [5.74, 6) is -1.19. The zero-order valence-corrected chi connectivity index (χ0v) is 19.0. The Morgan fingerprint density at radius 3 is 2.12 bits per heavy atom. The third-order valence-corrected chi connectivity index (χ3v) is 6.25. The monoisotopic (exact) mass is 457 g/mol. The molecule has 0 bridgehead atoms. The molecular formula is C27H23NO4S. The molecule has 0 unspecified atom stereocenters. The topological polar surface area (TPSA) is 63.7 Å². The number of esters is 1. The fraction of sp³-hybridized carbons (Fsp3) is 0.148. The van der Waals surface area contributed by atoms with Crippen LogP contribution in [0.3, 0.4) is 0 Å². The highest BCUT2D eigenvalue weighted by atomic mass is 32.2. The molecule has 0 fully saturated rings. The average Bonchev–Trinajstić information content (AvgIpc) is 3.09. The van der Waals surface area contributed by atoms with E-state index in [0.29, 0.717) is 33.9 Å². The maximum Gasteiger partial charge on any atom is 0.338 e. The minimum absolute atomic E-state index is 0.366. The summed E-state index contributed by atoms with van der Waals surface area (Å²) in [6.45, 7) is 2.39. The molecule has 1 heterocycles. The highest BCUT2D eigenvalue weighted by Crippen LogP contribution is 2.41. The molecule has 1 aliphatic rings. The Bertz CT molecular complexity index is 1190. The van der Waals surface area contributed by atoms with E-state index >= 15 is 0 Å². The van der Waals surface area contributed by atoms with Gasteiger partial charge in [0.25, 0.3) is 11.8 Å². The van der Waals surface area contributed by atoms with E-state index in [9.17, 15) is 14.4 Å². The van der Waals surface area contributed by atoms with E-state index in [1.807, 2.05) is 67.6 Å². The molecule has 5 nitrogen and oxygen atoms in total. The SMILES string of the molecule is CCCCOC(=O)c1ccc(N2C(=O)C(Sc3ccccc3)=C(c3ccccc3)C2=O)cc1. The van der Waals surface area contributed by atoms with Gasteiger partial charge < -0.3 is 4.74 Å². The van der Waals surface area contributed by atoms with Crippen LogP contribution in [-0.4, -0.2) is 24.4 Å². The lowest BCUT2D eigenvalue weighted by atomic mass is 10.1. The Balaban J connectivity index is 1.64. The van der Waals surface area contributed by atoms with Crippen molar-refractivity contribution in [3.05, 3.63) is 101 Å². The van der Waals surface area contributed by atoms with Crippen LogP contribution in [0.2, 0.25) is 0 Å². The minimum Gasteiger partial charge on any atom is -0.462 e. The summed E-state index contributed by atoms with van der Waals surface area (Å²) in [6, 6.07) is 25.0. The van der Waals surface area contributed by atoms with E-state index in [1.54, 1.807) is 24.3 Å². The number of imide groups is 1. The Morgan fingerprint density at radius 1 is 0.848 bits per heavy atom. The fourth-order valence-corrected chi connectivity index (χ4v) is 4.46. The number of carbonyl (C=O) groups is 3. The van der Waals surface area contributed by atoms with Crippen LogP contribution in [0.4, 0.5) is 5.69 Å². The number of hydrogen-bond donors (Lipinski definition) is 0. The molecule has 0 aromatic heterocycles. The lowest BCUT2D eigenvalue weighted by Gasteiger charge is -2.15. The molecule has 166 valence electrons. The molecule has 6 heteroatoms. The molecule has 0 aliphatic carbocycles. The van der Waals surface area contributed by atoms with Crippen LogP contribution in [0.5, 0.6) is 0 Å². The van der Waals surface area contributed by atoms with Crippen molar-refractivity contribution in [2.75, 3.05) is 11.5 Å². The van der Waals surface area contributed by atoms with E-state index in [0.717, 1.165) is 17.7 Å². The van der Waals surface area contributed by atoms with Gasteiger partial charge in [0.2, 0.25) is 0 Å². The number of amides is 2. The summed E-state index contributed by atoms with van der Waals surface area (Å²) >= 11 is 1.28. The molecular weight excluding hydrogens is 434 g/mol. The molecule has 0 saturated carbocycles. The zero-order chi connectivity index (χ0) is 23.2. The number of nitrogens with zero attached hydrogens (tertiary/aromatic N) is 1. The first-order chi connectivity index (χ1) is 16.1. The van der Waals surface area contributed by atoms with E-state index in [4.69, 9.17) is 4.74 Å². The van der Waals surface area contributed by atoms with Crippen molar-refractivity contribution in [3.63, 3.8) is 0 Å². The standard InChI is InChI=1S/C27H23NO4S/c1-2-3-18-32-27(31)20-14-16-21(17-15-20)28-25(29)23(19-10-6-4-7-11-19)24(26(28)30)33-22-12-8-5-9-13-22/h4-17H,2-3,18H2,1H3. The number of rotatable bonds is 8. The Labute approximate surface area is 197 Å². The van der Waals surface area contributed by atoms with Gasteiger partial charge in [-0.2, -0.15) is 0 Å². The average molecular weight is 458 g/mol. The van der Waals surface area contributed by atoms with Crippen molar-refractivity contribution in [2.24, 2.45) is 0 Å². The Kier molecular flexibility index (Phi) is 7.05. The normalized spacial score (nSPS) is 13.5. The van der Waals surface area contributed by atoms with Gasteiger partial charge in [0.05, 0.1) is 28.3 Å². The summed E-state index contributed by atoms with van der Waals surface area (Å²) in [4.78, 5) is 41.5. The highest BCUT2D eigenvalue weighted by Gasteiger charge is 2.40. The Hall–Kier alpha value is -3.64. The van der Waals surface area contributed by atoms with Gasteiger partial charge in [-0.1, -0.05) is 73.6 Å². The number of thioether (sulfide) groups is 1. The van der Waals surface area contributed by atoms with Gasteiger partial charge in [-0.25, -0.2) is 9.69 Å². The smallest absolute Gasteiger partial charge is 0.338 e. The number of hydrogen-bond acceptors (Lipinski definition) is 5. The van der Waals surface area contributed by atoms with Crippen molar-refractivity contribution >= 4 is 40.8 Å². The summed E-state index contributed by atoms with van der Waals surface area (Å²) in [7, 11) is 0. The number of ether oxygens (including phenoxy) is 1. The summed E-state index contributed by atoms with van der Waals surface area (Å²) in [5.41, 5.74) is 1.85. The van der Waals surface area contributed by atoms with Gasteiger partial charge in [-0.05, 0) is 48.4 Å². The first kappa shape index (κ1) is 22.6. The summed E-state index contributed by atoms with van der Waals surface area (Å²) in [6.07, 6.45) is 1.74. The molecule has 4 rings (SSSR count). The molecule has 3 aromatic carbocycles. The van der Waals surface area contributed by atoms with Crippen molar-refractivity contribution in [1.82, 2.24) is 0 Å². The van der Waals surface area contributed by atoms with Gasteiger partial charge >= 0.3 is 5.97 Å². The Morgan fingerprint density at radius 2 is 1.48 bits per heavy atom. The van der Waals surface area contributed by atoms with Crippen LogP contribution in [0.1, 0.15) is 35.7 Å². The van der Waals surface area contributed by atoms with Crippen LogP contribution >= 0.6 is 11.8 Å². The van der Waals surface area contributed by atoms with Crippen LogP contribution in [0, 0.1) is 0 Å². The minimum atomic E-state index is -0.419. The molecule has 0 atom stereocenters. The van der Waals surface area contributed by atoms with Gasteiger partial charge in [0.1, 0.15) is 0 Å². The summed E-state index contributed by atoms with van der Waals surface area (Å²) in [5, 5.41) is 0. The van der Waals surface area contributed by atoms with Crippen LogP contribution in [-0.2, 0) is 14.3 Å². The first-order valence-electron chi connectivity index (χ1n) is 10.8. The second-order valence-electron chi connectivity index (χ2n) is 7.47. The van der Waals surface area contributed by atoms with Gasteiger partial charge in [-0.15, -0.1) is 0 Å². The number of carbonyl (C=O) groups excluding carboxylic acids is 3. The lowest BCUT2D eigenvalue weighted by molar-refractivity contribution is -0.119. The molecule has 0 spiro atoms. The molecule has 33 heavy (non-hydrogen) atoms. The summed E-state index contributed by atoms with van der Waals surface area (Å²) < 4.78 is 5.24. The van der Waals surface area contributed by atoms with Gasteiger partial charge in [0.15, 0.2) is 0 Å². The van der Waals surface area contributed by atoms with E-state index < -0.39 is 5.97 Å². The lowest BCUT2D eigenvalue weighted by Crippen LogP contribution is -2.31. The quantitative estimate of drug-likeness (QED) is 0.246. The number of unbranched alkanes of at least 4 members (excludes halogenated alkanes) is 1. The van der Waals surface area contributed by atoms with Crippen molar-refractivity contribution in [2.45, 2.75) is 24.7 Å². The predicted octanol–water partition coefficient (Wildman–Crippen LogP) is 5.72. The molecule has 2 amide bonds. The van der Waals surface area contributed by atoms with E-state index in [2.05, 4.69) is 0 Å². The van der Waals surface area contributed by atoms with Crippen LogP contribution in [0.25, 0.3) is 5.57 Å². The molecule has 0 radical (unpaired) electrons. The fourth-order valence-electron chi connectivity index (χ4n) is 3.44. The first-order valence-corrected chi connectivity index (χ1v) is 11.6. The second-order valence-corrected chi connectivity index (χ2v) is 8.55. The van der Waals surface area contributed by atoms with E-state index in [-0.39, 0.29) is 11.8 Å². The molecule has 3 aromatic rings. The zero-order valence-electron chi connectivity index (χ0n) is 18.2. The second kappa shape index (κ2) is 10.3. The van der Waals surface area contributed by atoms with Crippen LogP contribution in [0.15, 0.2) is 94.7 Å². The molecule has 0 saturated heterocycles. The number of anilines is 1. The van der Waals surface area contributed by atoms with Crippen molar-refractivity contribution in [3.8, 4) is 0 Å². The largest absolute Gasteiger partial charge is 0.462 e. The molecule has 1 aliphatic heterocycles. The van der Waals surface area contributed by atoms with Crippen molar-refractivity contribution in [1.29, 1.82) is 0 Å². The maximum atomic E-state index is 13.5. The van der Waals surface area contributed by atoms with E-state index in [1.165, 1.54) is 16.7 Å². The van der Waals surface area contributed by atoms with Gasteiger partial charge in [0, 0.05) is 4.90 Å². The van der Waals surface area contributed by atoms with Crippen molar-refractivity contribution < 1.29 is 19.1 Å². The predicted molar refractivity (Wildman–Crippen MR) is 130 cm³/mol. The highest BCUT2D eigenvalue weighted by molar-refractivity contribution is 8.04. The number of benzene rings is 3. The molecule has 0 N–H and O–H groups in total. The van der Waals surface area contributed by atoms with Crippen LogP contribution < -0.4 is 4.90 Å². The maximum absolute atomic E-state index is 13.5. The third-order valence-electron chi connectivity index (χ3n) is 5.16. The third kappa shape index (κ3) is 4.91.